The number of nitro benzene ring substituents is 2. The van der Waals surface area contributed by atoms with Crippen molar-refractivity contribution >= 4 is 57.7 Å². The van der Waals surface area contributed by atoms with E-state index in [1.54, 1.807) is 84.9 Å². The van der Waals surface area contributed by atoms with E-state index in [4.69, 9.17) is 28.9 Å². The van der Waals surface area contributed by atoms with E-state index in [0.717, 1.165) is 0 Å². The molecule has 0 saturated carbocycles. The fourth-order valence-corrected chi connectivity index (χ4v) is 9.94. The van der Waals surface area contributed by atoms with Crippen LogP contribution in [0.4, 0.5) is 11.4 Å². The first-order chi connectivity index (χ1) is 37.7. The lowest BCUT2D eigenvalue weighted by Gasteiger charge is -2.39. The summed E-state index contributed by atoms with van der Waals surface area (Å²) >= 11 is 0. The van der Waals surface area contributed by atoms with Crippen molar-refractivity contribution in [1.29, 1.82) is 0 Å². The Morgan fingerprint density at radius 3 is 1.17 bits per heavy atom. The van der Waals surface area contributed by atoms with Crippen molar-refractivity contribution in [2.75, 3.05) is 13.2 Å². The van der Waals surface area contributed by atoms with Crippen LogP contribution >= 0.6 is 0 Å². The number of non-ortho nitro benzene ring substituents is 2. The minimum atomic E-state index is -1.66. The van der Waals surface area contributed by atoms with Crippen LogP contribution in [-0.2, 0) is 9.47 Å². The minimum absolute atomic E-state index is 0.124. The summed E-state index contributed by atoms with van der Waals surface area (Å²) in [5.41, 5.74) is 8.28. The molecule has 3 aromatic heterocycles. The fraction of sp³-hybridized carbons (Fsp3) is 0.214. The summed E-state index contributed by atoms with van der Waals surface area (Å²) in [5, 5.41) is 107. The Hall–Kier alpha value is -8.52. The molecule has 0 amide bonds. The number of aromatic nitrogens is 4. The van der Waals surface area contributed by atoms with Gasteiger partial charge in [-0.15, -0.1) is 0 Å². The number of nitrogens with one attached hydrogen (secondary N) is 2. The maximum absolute atomic E-state index is 12.2. The SMILES string of the molecule is O=[N+]([O-])c1ccc(-c2c3nc(c(-c4cccc([N+](=O)[O-])c4)c4ccc([nH]4)c(-c4ccc(O[C@@H]5O[C@H](CO)[C@@H](O)[C@H](O)[C@H]5O)cc4)c4nc(c(-c5ccc(O[C@@H]6O[C@H](CO)[C@@H](O)[C@H](O)[C@H]6O)cc5)c5ccc2[nH]5)C=C4)C=C3)cc1. The smallest absolute Gasteiger partial charge is 0.270 e. The van der Waals surface area contributed by atoms with Gasteiger partial charge >= 0.3 is 0 Å². The molecule has 7 aromatic rings. The summed E-state index contributed by atoms with van der Waals surface area (Å²) < 4.78 is 23.1. The maximum atomic E-state index is 12.2. The number of aromatic amines is 2. The van der Waals surface area contributed by atoms with Crippen LogP contribution in [0.2, 0.25) is 0 Å². The van der Waals surface area contributed by atoms with Gasteiger partial charge in [-0.25, -0.2) is 9.97 Å². The van der Waals surface area contributed by atoms with Crippen molar-refractivity contribution in [3.05, 3.63) is 164 Å². The maximum Gasteiger partial charge on any atom is 0.270 e. The number of rotatable bonds is 12. The molecular weight excluding hydrogens is 1010 g/mol. The number of fused-ring (bicyclic) bond motifs is 8. The van der Waals surface area contributed by atoms with Gasteiger partial charge in [0.05, 0.1) is 45.8 Å². The van der Waals surface area contributed by atoms with Gasteiger partial charge in [0, 0.05) is 68.6 Å². The van der Waals surface area contributed by atoms with Crippen molar-refractivity contribution in [3.8, 4) is 56.0 Å². The van der Waals surface area contributed by atoms with Gasteiger partial charge in [0.25, 0.3) is 11.4 Å². The molecule has 22 heteroatoms. The predicted octanol–water partition coefficient (Wildman–Crippen LogP) is 5.50. The molecule has 7 heterocycles. The van der Waals surface area contributed by atoms with Gasteiger partial charge < -0.3 is 69.8 Å². The van der Waals surface area contributed by atoms with Crippen molar-refractivity contribution in [2.24, 2.45) is 0 Å². The van der Waals surface area contributed by atoms with Gasteiger partial charge in [0.15, 0.2) is 0 Å². The highest BCUT2D eigenvalue weighted by molar-refractivity contribution is 6.00. The Morgan fingerprint density at radius 1 is 0.449 bits per heavy atom. The van der Waals surface area contributed by atoms with Crippen molar-refractivity contribution in [2.45, 2.75) is 61.4 Å². The van der Waals surface area contributed by atoms with Crippen LogP contribution in [-0.4, -0.2) is 145 Å². The highest BCUT2D eigenvalue weighted by Gasteiger charge is 2.46. The summed E-state index contributed by atoms with van der Waals surface area (Å²) in [4.78, 5) is 40.6. The summed E-state index contributed by atoms with van der Waals surface area (Å²) in [6, 6.07) is 33.0. The second-order valence-electron chi connectivity index (χ2n) is 18.8. The Kier molecular flexibility index (Phi) is 14.0. The zero-order valence-corrected chi connectivity index (χ0v) is 40.7. The number of hydrogen-bond donors (Lipinski definition) is 10. The minimum Gasteiger partial charge on any atom is -0.462 e. The molecule has 0 unspecified atom stereocenters. The van der Waals surface area contributed by atoms with Crippen LogP contribution in [0, 0.1) is 20.2 Å². The molecule has 22 nitrogen and oxygen atoms in total. The van der Waals surface area contributed by atoms with Gasteiger partial charge in [-0.3, -0.25) is 20.2 Å². The predicted molar refractivity (Wildman–Crippen MR) is 283 cm³/mol. The summed E-state index contributed by atoms with van der Waals surface area (Å²) in [5.74, 6) is 0.423. The van der Waals surface area contributed by atoms with E-state index >= 15 is 0 Å². The van der Waals surface area contributed by atoms with Gasteiger partial charge in [-0.2, -0.15) is 0 Å². The first kappa shape index (κ1) is 51.6. The number of aliphatic hydroxyl groups excluding tert-OH is 8. The molecule has 0 spiro atoms. The molecule has 10 atom stereocenters. The van der Waals surface area contributed by atoms with Crippen LogP contribution in [0.5, 0.6) is 11.5 Å². The van der Waals surface area contributed by atoms with Gasteiger partial charge in [0.2, 0.25) is 12.6 Å². The second kappa shape index (κ2) is 21.1. The number of nitro groups is 2. The topological polar surface area (TPSA) is 342 Å². The third-order valence-corrected chi connectivity index (χ3v) is 14.0. The van der Waals surface area contributed by atoms with E-state index in [2.05, 4.69) is 9.97 Å². The van der Waals surface area contributed by atoms with Gasteiger partial charge in [-0.05, 0) is 107 Å². The lowest BCUT2D eigenvalue weighted by atomic mass is 9.99. The molecule has 2 saturated heterocycles. The largest absolute Gasteiger partial charge is 0.462 e. The van der Waals surface area contributed by atoms with Crippen molar-refractivity contribution in [1.82, 2.24) is 19.9 Å². The number of benzene rings is 4. The third-order valence-electron chi connectivity index (χ3n) is 14.0. The van der Waals surface area contributed by atoms with E-state index in [1.807, 2.05) is 36.4 Å². The highest BCUT2D eigenvalue weighted by Crippen LogP contribution is 2.40. The Labute approximate surface area is 441 Å². The molecule has 0 radical (unpaired) electrons. The molecule has 10 N–H and O–H groups in total. The molecule has 4 aliphatic rings. The van der Waals surface area contributed by atoms with Crippen LogP contribution < -0.4 is 9.47 Å². The molecule has 8 bridgehead atoms. The van der Waals surface area contributed by atoms with Crippen LogP contribution in [0.1, 0.15) is 22.8 Å². The van der Waals surface area contributed by atoms with Crippen molar-refractivity contribution < 1.29 is 69.6 Å². The summed E-state index contributed by atoms with van der Waals surface area (Å²) in [6.07, 6.45) is -7.85. The number of hydrogen-bond acceptors (Lipinski definition) is 18. The molecule has 4 aromatic carbocycles. The Morgan fingerprint density at radius 2 is 0.808 bits per heavy atom. The zero-order valence-electron chi connectivity index (χ0n) is 40.7. The third kappa shape index (κ3) is 9.69. The molecule has 0 aliphatic carbocycles. The molecule has 78 heavy (non-hydrogen) atoms. The summed E-state index contributed by atoms with van der Waals surface area (Å²) in [6.45, 7) is -1.29. The fourth-order valence-electron chi connectivity index (χ4n) is 9.94. The van der Waals surface area contributed by atoms with Gasteiger partial charge in [0.1, 0.15) is 60.3 Å². The first-order valence-corrected chi connectivity index (χ1v) is 24.5. The van der Waals surface area contributed by atoms with Crippen molar-refractivity contribution in [3.63, 3.8) is 0 Å². The second-order valence-corrected chi connectivity index (χ2v) is 18.8. The molecule has 11 rings (SSSR count). The van der Waals surface area contributed by atoms with E-state index in [0.29, 0.717) is 89.4 Å². The number of nitrogens with zero attached hydrogens (tertiary/aromatic N) is 4. The number of H-pyrrole nitrogens is 2. The Bertz CT molecular complexity index is 3670. The quantitative estimate of drug-likeness (QED) is 0.0533. The van der Waals surface area contributed by atoms with Crippen LogP contribution in [0.25, 0.3) is 90.9 Å². The van der Waals surface area contributed by atoms with Crippen LogP contribution in [0.15, 0.2) is 121 Å². The standard InChI is InChI=1S/C56H48N6O16/c63-25-43-49(65)51(67)53(69)55(77-43)75-33-12-6-28(7-13-33)46-37-17-16-35(57-37)45(27-4-10-31(11-5-27)61(71)72)36-20-22-41(59-36)48(30-2-1-3-32(24-30)62(73)74)42-23-21-40(60-42)47(39-19-18-38(46)58-39)29-8-14-34(15-9-29)76-56-54(70)52(68)50(66)44(26-64)78-56/h1-24,43-44,49-57,60,63-70H,25-26H2/t43-,44-,49-,50-,51+,52+,53-,54-,55-,56-/m1/s1. The summed E-state index contributed by atoms with van der Waals surface area (Å²) in [7, 11) is 0. The van der Waals surface area contributed by atoms with E-state index in [9.17, 15) is 61.1 Å². The van der Waals surface area contributed by atoms with Crippen LogP contribution in [0.3, 0.4) is 0 Å². The Balaban J connectivity index is 1.13. The average Bonchev–Trinajstić information content (AvgIpc) is 4.39. The van der Waals surface area contributed by atoms with Gasteiger partial charge in [-0.1, -0.05) is 36.4 Å². The van der Waals surface area contributed by atoms with E-state index in [1.165, 1.54) is 24.3 Å². The normalized spacial score (nSPS) is 23.7. The van der Waals surface area contributed by atoms with E-state index < -0.39 is 84.5 Å². The number of aliphatic hydroxyl groups is 8. The lowest BCUT2D eigenvalue weighted by molar-refractivity contribution is -0.385. The number of ether oxygens (including phenoxy) is 4. The molecule has 4 aliphatic heterocycles. The molecular formula is C56H48N6O16. The molecule has 2 fully saturated rings. The first-order valence-electron chi connectivity index (χ1n) is 24.5. The van der Waals surface area contributed by atoms with E-state index in [-0.39, 0.29) is 22.9 Å². The zero-order chi connectivity index (χ0) is 54.5. The lowest BCUT2D eigenvalue weighted by Crippen LogP contribution is -2.60. The average molecular weight is 1060 g/mol. The highest BCUT2D eigenvalue weighted by atomic mass is 16.7. The molecule has 398 valence electrons. The monoisotopic (exact) mass is 1060 g/mol.